The van der Waals surface area contributed by atoms with Crippen LogP contribution in [-0.2, 0) is 9.53 Å². The van der Waals surface area contributed by atoms with Crippen LogP contribution >= 0.6 is 0 Å². The van der Waals surface area contributed by atoms with E-state index in [1.807, 2.05) is 0 Å². The molecule has 26 heavy (non-hydrogen) atoms. The van der Waals surface area contributed by atoms with Crippen molar-refractivity contribution in [2.45, 2.75) is 13.8 Å². The van der Waals surface area contributed by atoms with Gasteiger partial charge in [-0.3, -0.25) is 14.9 Å². The molecule has 0 aliphatic heterocycles. The third-order valence-corrected chi connectivity index (χ3v) is 3.39. The Labute approximate surface area is 149 Å². The Bertz CT molecular complexity index is 834. The third-order valence-electron chi connectivity index (χ3n) is 3.39. The van der Waals surface area contributed by atoms with Crippen molar-refractivity contribution in [2.24, 2.45) is 0 Å². The van der Waals surface area contributed by atoms with E-state index in [0.717, 1.165) is 0 Å². The van der Waals surface area contributed by atoms with E-state index in [-0.39, 0.29) is 18.9 Å². The van der Waals surface area contributed by atoms with E-state index >= 15 is 0 Å². The molecule has 0 bridgehead atoms. The van der Waals surface area contributed by atoms with Crippen molar-refractivity contribution in [3.8, 4) is 5.75 Å². The molecule has 2 aromatic rings. The minimum atomic E-state index is -0.484. The number of carbonyl (C=O) groups is 2. The minimum absolute atomic E-state index is 0.0161. The van der Waals surface area contributed by atoms with Gasteiger partial charge in [0.2, 0.25) is 0 Å². The maximum absolute atomic E-state index is 12.0. The lowest BCUT2D eigenvalue weighted by Gasteiger charge is -2.09. The first-order valence-corrected chi connectivity index (χ1v) is 7.85. The molecule has 8 nitrogen and oxygen atoms in total. The molecule has 8 heteroatoms. The molecular weight excluding hydrogens is 340 g/mol. The van der Waals surface area contributed by atoms with Gasteiger partial charge in [-0.15, -0.1) is 0 Å². The zero-order chi connectivity index (χ0) is 19.1. The Balaban J connectivity index is 1.95. The number of hydrogen-bond donors (Lipinski definition) is 1. The van der Waals surface area contributed by atoms with E-state index in [2.05, 4.69) is 5.32 Å². The Kier molecular flexibility index (Phi) is 6.26. The molecule has 0 radical (unpaired) electrons. The standard InChI is InChI=1S/C18H18N2O6/c1-3-25-18(22)13-5-4-6-14(10-13)19-17(21)11-26-15-7-8-16(20(23)24)12(2)9-15/h4-10H,3,11H2,1-2H3,(H,19,21). The highest BCUT2D eigenvalue weighted by Crippen LogP contribution is 2.23. The molecular formula is C18H18N2O6. The minimum Gasteiger partial charge on any atom is -0.484 e. The molecule has 0 aromatic heterocycles. The number of rotatable bonds is 7. The molecule has 0 atom stereocenters. The van der Waals surface area contributed by atoms with Gasteiger partial charge in [0.25, 0.3) is 11.6 Å². The number of nitrogens with one attached hydrogen (secondary N) is 1. The molecule has 0 unspecified atom stereocenters. The Hall–Kier alpha value is -3.42. The number of nitrogens with zero attached hydrogens (tertiary/aromatic N) is 1. The van der Waals surface area contributed by atoms with E-state index in [1.54, 1.807) is 32.0 Å². The van der Waals surface area contributed by atoms with Crippen LogP contribution in [-0.4, -0.2) is 30.0 Å². The number of nitro benzene ring substituents is 1. The maximum Gasteiger partial charge on any atom is 0.338 e. The molecule has 1 amide bonds. The Morgan fingerprint density at radius 1 is 1.19 bits per heavy atom. The van der Waals surface area contributed by atoms with Gasteiger partial charge in [0.15, 0.2) is 6.61 Å². The summed E-state index contributed by atoms with van der Waals surface area (Å²) in [6.07, 6.45) is 0. The van der Waals surface area contributed by atoms with E-state index in [0.29, 0.717) is 22.6 Å². The van der Waals surface area contributed by atoms with Gasteiger partial charge in [-0.25, -0.2) is 4.79 Å². The van der Waals surface area contributed by atoms with E-state index in [1.165, 1.54) is 24.3 Å². The average molecular weight is 358 g/mol. The number of amides is 1. The van der Waals surface area contributed by atoms with Crippen LogP contribution in [0.15, 0.2) is 42.5 Å². The van der Waals surface area contributed by atoms with Gasteiger partial charge in [-0.1, -0.05) is 6.07 Å². The van der Waals surface area contributed by atoms with Crippen molar-refractivity contribution in [3.63, 3.8) is 0 Å². The molecule has 0 spiro atoms. The molecule has 2 aromatic carbocycles. The lowest BCUT2D eigenvalue weighted by atomic mass is 10.2. The van der Waals surface area contributed by atoms with Crippen molar-refractivity contribution < 1.29 is 24.0 Å². The van der Waals surface area contributed by atoms with Crippen LogP contribution in [0.5, 0.6) is 5.75 Å². The summed E-state index contributed by atoms with van der Waals surface area (Å²) in [6, 6.07) is 10.6. The van der Waals surface area contributed by atoms with Gasteiger partial charge in [0, 0.05) is 17.3 Å². The number of benzene rings is 2. The van der Waals surface area contributed by atoms with Crippen LogP contribution in [0.4, 0.5) is 11.4 Å². The molecule has 0 fully saturated rings. The zero-order valence-corrected chi connectivity index (χ0v) is 14.4. The summed E-state index contributed by atoms with van der Waals surface area (Å²) in [4.78, 5) is 34.0. The molecule has 0 heterocycles. The second-order valence-electron chi connectivity index (χ2n) is 5.34. The quantitative estimate of drug-likeness (QED) is 0.463. The number of esters is 1. The molecule has 136 valence electrons. The Morgan fingerprint density at radius 3 is 2.62 bits per heavy atom. The van der Waals surface area contributed by atoms with Gasteiger partial charge in [-0.05, 0) is 44.2 Å². The summed E-state index contributed by atoms with van der Waals surface area (Å²) in [5.41, 5.74) is 1.19. The van der Waals surface area contributed by atoms with Crippen LogP contribution in [0, 0.1) is 17.0 Å². The van der Waals surface area contributed by atoms with E-state index in [4.69, 9.17) is 9.47 Å². The van der Waals surface area contributed by atoms with Gasteiger partial charge < -0.3 is 14.8 Å². The first-order valence-electron chi connectivity index (χ1n) is 7.85. The molecule has 1 N–H and O–H groups in total. The molecule has 0 aliphatic carbocycles. The summed E-state index contributed by atoms with van der Waals surface area (Å²) in [7, 11) is 0. The van der Waals surface area contributed by atoms with Crippen molar-refractivity contribution >= 4 is 23.3 Å². The first kappa shape index (κ1) is 18.9. The van der Waals surface area contributed by atoms with Crippen LogP contribution in [0.2, 0.25) is 0 Å². The monoisotopic (exact) mass is 358 g/mol. The summed E-state index contributed by atoms with van der Waals surface area (Å²) in [5.74, 6) is -0.549. The predicted molar refractivity (Wildman–Crippen MR) is 94.4 cm³/mol. The van der Waals surface area contributed by atoms with Crippen molar-refractivity contribution in [1.82, 2.24) is 0 Å². The number of aryl methyl sites for hydroxylation is 1. The topological polar surface area (TPSA) is 108 Å². The summed E-state index contributed by atoms with van der Waals surface area (Å²) in [6.45, 7) is 3.28. The molecule has 0 saturated heterocycles. The van der Waals surface area contributed by atoms with Crippen molar-refractivity contribution in [3.05, 3.63) is 63.7 Å². The number of ether oxygens (including phenoxy) is 2. The lowest BCUT2D eigenvalue weighted by molar-refractivity contribution is -0.385. The number of anilines is 1. The third kappa shape index (κ3) is 5.04. The maximum atomic E-state index is 12.0. The fourth-order valence-electron chi connectivity index (χ4n) is 2.21. The van der Waals surface area contributed by atoms with Crippen molar-refractivity contribution in [2.75, 3.05) is 18.5 Å². The average Bonchev–Trinajstić information content (AvgIpc) is 2.60. The van der Waals surface area contributed by atoms with Crippen LogP contribution in [0.1, 0.15) is 22.8 Å². The number of carbonyl (C=O) groups excluding carboxylic acids is 2. The zero-order valence-electron chi connectivity index (χ0n) is 14.4. The van der Waals surface area contributed by atoms with Crippen LogP contribution in [0.3, 0.4) is 0 Å². The summed E-state index contributed by atoms with van der Waals surface area (Å²) < 4.78 is 10.3. The highest BCUT2D eigenvalue weighted by atomic mass is 16.6. The van der Waals surface area contributed by atoms with Gasteiger partial charge in [0.05, 0.1) is 17.1 Å². The summed E-state index contributed by atoms with van der Waals surface area (Å²) >= 11 is 0. The smallest absolute Gasteiger partial charge is 0.338 e. The highest BCUT2D eigenvalue weighted by Gasteiger charge is 2.12. The van der Waals surface area contributed by atoms with Gasteiger partial charge in [-0.2, -0.15) is 0 Å². The lowest BCUT2D eigenvalue weighted by Crippen LogP contribution is -2.20. The second-order valence-corrected chi connectivity index (χ2v) is 5.34. The SMILES string of the molecule is CCOC(=O)c1cccc(NC(=O)COc2ccc([N+](=O)[O-])c(C)c2)c1. The van der Waals surface area contributed by atoms with Gasteiger partial charge >= 0.3 is 5.97 Å². The van der Waals surface area contributed by atoms with Gasteiger partial charge in [0.1, 0.15) is 5.75 Å². The molecule has 0 aliphatic rings. The summed E-state index contributed by atoms with van der Waals surface area (Å²) in [5, 5.41) is 13.4. The fourth-order valence-corrected chi connectivity index (χ4v) is 2.21. The second kappa shape index (κ2) is 8.61. The molecule has 2 rings (SSSR count). The van der Waals surface area contributed by atoms with Crippen molar-refractivity contribution in [1.29, 1.82) is 0 Å². The normalized spacial score (nSPS) is 10.1. The predicted octanol–water partition coefficient (Wildman–Crippen LogP) is 3.10. The number of hydrogen-bond acceptors (Lipinski definition) is 6. The van der Waals surface area contributed by atoms with Crippen LogP contribution < -0.4 is 10.1 Å². The largest absolute Gasteiger partial charge is 0.484 e. The molecule has 0 saturated carbocycles. The Morgan fingerprint density at radius 2 is 1.96 bits per heavy atom. The van der Waals surface area contributed by atoms with Crippen LogP contribution in [0.25, 0.3) is 0 Å². The van der Waals surface area contributed by atoms with E-state index in [9.17, 15) is 19.7 Å². The van der Waals surface area contributed by atoms with E-state index < -0.39 is 16.8 Å². The highest BCUT2D eigenvalue weighted by molar-refractivity contribution is 5.95. The number of nitro groups is 1. The first-order chi connectivity index (χ1) is 12.4. The fraction of sp³-hybridized carbons (Fsp3) is 0.222.